The average Bonchev–Trinajstić information content (AvgIpc) is 3.42. The fraction of sp³-hybridized carbons (Fsp3) is 0.111. The van der Waals surface area contributed by atoms with E-state index in [1.165, 1.54) is 0 Å². The highest BCUT2D eigenvalue weighted by atomic mass is 16.5. The molecule has 0 aromatic heterocycles. The maximum absolute atomic E-state index is 10.2. The van der Waals surface area contributed by atoms with E-state index < -0.39 is 5.41 Å². The van der Waals surface area contributed by atoms with Gasteiger partial charge in [-0.3, -0.25) is 0 Å². The normalized spacial score (nSPS) is 11.3. The fourth-order valence-electron chi connectivity index (χ4n) is 9.54. The molecule has 340 valence electrons. The molecule has 0 aliphatic rings. The zero-order valence-corrected chi connectivity index (χ0v) is 39.0. The average molecular weight is 921 g/mol. The van der Waals surface area contributed by atoms with E-state index in [2.05, 4.69) is 86.7 Å². The number of aliphatic hydroxyl groups is 2. The van der Waals surface area contributed by atoms with Crippen LogP contribution in [0, 0.1) is 45.3 Å². The molecule has 10 aromatic carbocycles. The summed E-state index contributed by atoms with van der Waals surface area (Å²) in [6.07, 6.45) is 0. The molecule has 0 heterocycles. The molecule has 0 atom stereocenters. The Bertz CT molecular complexity index is 3470. The van der Waals surface area contributed by atoms with Crippen LogP contribution in [-0.4, -0.2) is 36.6 Å². The van der Waals surface area contributed by atoms with Crippen molar-refractivity contribution in [2.24, 2.45) is 0 Å². The smallest absolute Gasteiger partial charge is 0.135 e. The molecule has 0 bridgehead atoms. The molecule has 8 heteroatoms. The van der Waals surface area contributed by atoms with Crippen LogP contribution in [-0.2, 0) is 5.41 Å². The summed E-state index contributed by atoms with van der Waals surface area (Å²) in [4.78, 5) is 0. The minimum Gasteiger partial charge on any atom is -0.490 e. The molecule has 10 rings (SSSR count). The number of nitrogens with zero attached hydrogens (tertiary/aromatic N) is 4. The van der Waals surface area contributed by atoms with Gasteiger partial charge in [-0.2, -0.15) is 21.0 Å². The molecule has 71 heavy (non-hydrogen) atoms. The van der Waals surface area contributed by atoms with Crippen molar-refractivity contribution < 1.29 is 19.7 Å². The van der Waals surface area contributed by atoms with Gasteiger partial charge in [-0.15, -0.1) is 0 Å². The lowest BCUT2D eigenvalue weighted by molar-refractivity contribution is 0.202. The molecule has 0 saturated carbocycles. The summed E-state index contributed by atoms with van der Waals surface area (Å²) in [5.74, 6) is 1.19. The quantitative estimate of drug-likeness (QED) is 0.123. The summed E-state index contributed by atoms with van der Waals surface area (Å²) in [6.45, 7) is 4.10. The Balaban J connectivity index is 1.25. The number of rotatable bonds is 12. The van der Waals surface area contributed by atoms with Crippen molar-refractivity contribution >= 4 is 43.1 Å². The molecule has 2 N–H and O–H groups in total. The van der Waals surface area contributed by atoms with Gasteiger partial charge in [0.1, 0.15) is 24.7 Å². The molecule has 10 aromatic rings. The second kappa shape index (κ2) is 19.0. The second-order valence-corrected chi connectivity index (χ2v) is 18.1. The van der Waals surface area contributed by atoms with Crippen molar-refractivity contribution in [3.63, 3.8) is 0 Å². The third kappa shape index (κ3) is 8.75. The third-order valence-corrected chi connectivity index (χ3v) is 13.4. The number of aliphatic hydroxyl groups excluding tert-OH is 2. The Morgan fingerprint density at radius 3 is 0.831 bits per heavy atom. The van der Waals surface area contributed by atoms with Crippen molar-refractivity contribution in [3.05, 3.63) is 203 Å². The predicted molar refractivity (Wildman–Crippen MR) is 281 cm³/mol. The van der Waals surface area contributed by atoms with Crippen LogP contribution in [0.1, 0.15) is 47.2 Å². The number of hydrogen-bond donors (Lipinski definition) is 2. The van der Waals surface area contributed by atoms with Gasteiger partial charge in [0, 0.05) is 27.7 Å². The lowest BCUT2D eigenvalue weighted by Gasteiger charge is -2.31. The van der Waals surface area contributed by atoms with E-state index in [1.54, 1.807) is 0 Å². The number of hydrogen-bond acceptors (Lipinski definition) is 8. The molecule has 0 fully saturated rings. The van der Waals surface area contributed by atoms with Crippen LogP contribution in [0.3, 0.4) is 0 Å². The van der Waals surface area contributed by atoms with Gasteiger partial charge in [0.05, 0.1) is 59.7 Å². The largest absolute Gasteiger partial charge is 0.490 e. The van der Waals surface area contributed by atoms with Crippen molar-refractivity contribution in [2.75, 3.05) is 26.4 Å². The van der Waals surface area contributed by atoms with Crippen molar-refractivity contribution in [3.8, 4) is 80.3 Å². The highest BCUT2D eigenvalue weighted by molar-refractivity contribution is 5.96. The van der Waals surface area contributed by atoms with E-state index in [1.807, 2.05) is 121 Å². The molecule has 0 aliphatic carbocycles. The van der Waals surface area contributed by atoms with E-state index in [4.69, 9.17) is 9.47 Å². The highest BCUT2D eigenvalue weighted by Crippen LogP contribution is 2.49. The van der Waals surface area contributed by atoms with E-state index >= 15 is 0 Å². The molecule has 0 saturated heterocycles. The van der Waals surface area contributed by atoms with Crippen LogP contribution in [0.15, 0.2) is 170 Å². The van der Waals surface area contributed by atoms with Crippen LogP contribution >= 0.6 is 0 Å². The van der Waals surface area contributed by atoms with Crippen LogP contribution in [0.25, 0.3) is 87.6 Å². The minimum atomic E-state index is -0.730. The summed E-state index contributed by atoms with van der Waals surface area (Å²) < 4.78 is 13.2. The van der Waals surface area contributed by atoms with Gasteiger partial charge in [-0.25, -0.2) is 0 Å². The number of ether oxygens (including phenoxy) is 2. The molecule has 0 unspecified atom stereocenters. The molecule has 0 aliphatic heterocycles. The Labute approximate surface area is 411 Å². The summed E-state index contributed by atoms with van der Waals surface area (Å²) in [7, 11) is 0. The summed E-state index contributed by atoms with van der Waals surface area (Å²) in [5.41, 5.74) is 10.3. The SMILES string of the molecule is CC(C)(c1cc(-c2ccc3cc(C#N)ccc3c2)c(OCCO)c(-c2ccc3cc(C#N)ccc3c2)c1)c1cc(-c2ccc3cc(C#N)ccc3c2)c(OCCO)c(-c2ccc3cc(C#N)ccc3c2)c1. The van der Waals surface area contributed by atoms with Gasteiger partial charge in [0.25, 0.3) is 0 Å². The van der Waals surface area contributed by atoms with E-state index in [0.717, 1.165) is 98.7 Å². The summed E-state index contributed by atoms with van der Waals surface area (Å²) in [5, 5.41) is 66.7. The lowest BCUT2D eigenvalue weighted by atomic mass is 9.74. The van der Waals surface area contributed by atoms with Crippen molar-refractivity contribution in [1.29, 1.82) is 21.0 Å². The standard InChI is InChI=1S/C63H44N4O4/c1-63(2,55-31-57(51-15-11-43-23-39(35-64)3-7-47(43)27-51)61(70-21-19-68)58(32-55)52-16-12-44-24-40(36-65)4-8-48(44)28-52)56-33-59(53-17-13-45-25-41(37-66)5-9-49(45)29-53)62(71-22-20-69)60(34-56)54-18-14-46-26-42(38-67)6-10-50(46)30-54/h3-18,23-34,68-69H,19-22H2,1-2H3. The predicted octanol–water partition coefficient (Wildman–Crippen LogP) is 13.5. The Kier molecular flexibility index (Phi) is 12.2. The third-order valence-electron chi connectivity index (χ3n) is 13.4. The monoisotopic (exact) mass is 920 g/mol. The number of nitriles is 4. The summed E-state index contributed by atoms with van der Waals surface area (Å²) >= 11 is 0. The topological polar surface area (TPSA) is 154 Å². The minimum absolute atomic E-state index is 0.0517. The van der Waals surface area contributed by atoms with Gasteiger partial charge in [0.2, 0.25) is 0 Å². The first-order chi connectivity index (χ1) is 34.6. The molecular weight excluding hydrogens is 877 g/mol. The molecule has 8 nitrogen and oxygen atoms in total. The first-order valence-corrected chi connectivity index (χ1v) is 23.2. The Hall–Kier alpha value is -9.28. The maximum atomic E-state index is 10.2. The van der Waals surface area contributed by atoms with Crippen molar-refractivity contribution in [2.45, 2.75) is 19.3 Å². The molecule has 0 spiro atoms. The molecule has 0 amide bonds. The van der Waals surface area contributed by atoms with Crippen LogP contribution in [0.5, 0.6) is 11.5 Å². The zero-order valence-electron chi connectivity index (χ0n) is 39.0. The van der Waals surface area contributed by atoms with Gasteiger partial charge >= 0.3 is 0 Å². The lowest BCUT2D eigenvalue weighted by Crippen LogP contribution is -2.20. The van der Waals surface area contributed by atoms with Gasteiger partial charge in [0.15, 0.2) is 0 Å². The van der Waals surface area contributed by atoms with E-state index in [9.17, 15) is 31.3 Å². The Morgan fingerprint density at radius 2 is 0.592 bits per heavy atom. The van der Waals surface area contributed by atoms with Crippen molar-refractivity contribution in [1.82, 2.24) is 0 Å². The number of benzene rings is 10. The van der Waals surface area contributed by atoms with Crippen LogP contribution < -0.4 is 9.47 Å². The highest BCUT2D eigenvalue weighted by Gasteiger charge is 2.30. The molecule has 0 radical (unpaired) electrons. The Morgan fingerprint density at radius 1 is 0.352 bits per heavy atom. The van der Waals surface area contributed by atoms with E-state index in [0.29, 0.717) is 33.8 Å². The molecular formula is C63H44N4O4. The van der Waals surface area contributed by atoms with Crippen LogP contribution in [0.4, 0.5) is 0 Å². The summed E-state index contributed by atoms with van der Waals surface area (Å²) in [6, 6.07) is 64.9. The maximum Gasteiger partial charge on any atom is 0.135 e. The van der Waals surface area contributed by atoms with E-state index in [-0.39, 0.29) is 26.4 Å². The first-order valence-electron chi connectivity index (χ1n) is 23.2. The van der Waals surface area contributed by atoms with Crippen LogP contribution in [0.2, 0.25) is 0 Å². The number of fused-ring (bicyclic) bond motifs is 4. The second-order valence-electron chi connectivity index (χ2n) is 18.1. The van der Waals surface area contributed by atoms with Gasteiger partial charge in [-0.05, 0) is 174 Å². The first kappa shape index (κ1) is 45.5. The van der Waals surface area contributed by atoms with Gasteiger partial charge in [-0.1, -0.05) is 86.6 Å². The fourth-order valence-corrected chi connectivity index (χ4v) is 9.54. The van der Waals surface area contributed by atoms with Gasteiger partial charge < -0.3 is 19.7 Å². The zero-order chi connectivity index (χ0) is 49.2.